The van der Waals surface area contributed by atoms with Crippen molar-refractivity contribution in [3.05, 3.63) is 0 Å². The number of rotatable bonds is 5. The zero-order valence-electron chi connectivity index (χ0n) is 14.4. The van der Waals surface area contributed by atoms with Gasteiger partial charge >= 0.3 is 6.09 Å². The van der Waals surface area contributed by atoms with Crippen LogP contribution in [0.25, 0.3) is 0 Å². The second kappa shape index (κ2) is 7.63. The van der Waals surface area contributed by atoms with Crippen molar-refractivity contribution >= 4 is 17.9 Å². The number of ether oxygens (including phenoxy) is 1. The number of likely N-dealkylation sites (N-methyl/N-ethyl adjacent to an activating group) is 1. The van der Waals surface area contributed by atoms with Gasteiger partial charge in [-0.05, 0) is 33.6 Å². The summed E-state index contributed by atoms with van der Waals surface area (Å²) in [4.78, 5) is 36.9. The van der Waals surface area contributed by atoms with Gasteiger partial charge in [-0.15, -0.1) is 0 Å². The van der Waals surface area contributed by atoms with Crippen molar-refractivity contribution in [1.29, 1.82) is 0 Å². The van der Waals surface area contributed by atoms with Crippen LogP contribution in [0.15, 0.2) is 0 Å². The van der Waals surface area contributed by atoms with Gasteiger partial charge in [-0.2, -0.15) is 0 Å². The highest BCUT2D eigenvalue weighted by atomic mass is 16.6. The Morgan fingerprint density at radius 1 is 1.43 bits per heavy atom. The van der Waals surface area contributed by atoms with Crippen LogP contribution in [0, 0.1) is 5.92 Å². The molecular weight excluding hydrogens is 302 g/mol. The first-order valence-corrected chi connectivity index (χ1v) is 7.67. The molecule has 1 aliphatic heterocycles. The lowest BCUT2D eigenvalue weighted by atomic mass is 9.94. The van der Waals surface area contributed by atoms with Gasteiger partial charge in [0.1, 0.15) is 5.60 Å². The van der Waals surface area contributed by atoms with Crippen LogP contribution in [0.4, 0.5) is 4.79 Å². The van der Waals surface area contributed by atoms with Gasteiger partial charge in [0.25, 0.3) is 5.91 Å². The molecule has 1 aliphatic rings. The third kappa shape index (κ3) is 6.05. The first-order chi connectivity index (χ1) is 10.5. The number of nitrogens with zero attached hydrogens (tertiary/aromatic N) is 1. The van der Waals surface area contributed by atoms with Gasteiger partial charge in [0.05, 0.1) is 6.04 Å². The van der Waals surface area contributed by atoms with E-state index in [4.69, 9.17) is 4.74 Å². The molecule has 0 aromatic heterocycles. The van der Waals surface area contributed by atoms with E-state index in [1.54, 1.807) is 20.8 Å². The molecule has 1 unspecified atom stereocenters. The molecule has 23 heavy (non-hydrogen) atoms. The molecule has 0 aromatic carbocycles. The Hall–Kier alpha value is -1.83. The molecule has 0 radical (unpaired) electrons. The van der Waals surface area contributed by atoms with Crippen LogP contribution < -0.4 is 10.6 Å². The third-order valence-corrected chi connectivity index (χ3v) is 3.48. The fraction of sp³-hybridized carbons (Fsp3) is 0.800. The van der Waals surface area contributed by atoms with E-state index in [1.165, 1.54) is 19.0 Å². The Bertz CT molecular complexity index is 459. The number of hydrogen-bond acceptors (Lipinski definition) is 5. The average molecular weight is 329 g/mol. The summed E-state index contributed by atoms with van der Waals surface area (Å²) in [6.45, 7) is 5.70. The molecule has 0 aliphatic carbocycles. The zero-order valence-corrected chi connectivity index (χ0v) is 14.4. The molecule has 1 saturated heterocycles. The van der Waals surface area contributed by atoms with Crippen molar-refractivity contribution in [2.45, 2.75) is 51.4 Å². The van der Waals surface area contributed by atoms with Crippen LogP contribution in [-0.4, -0.2) is 66.3 Å². The lowest BCUT2D eigenvalue weighted by Gasteiger charge is -2.28. The van der Waals surface area contributed by atoms with Crippen LogP contribution in [0.2, 0.25) is 0 Å². The van der Waals surface area contributed by atoms with E-state index < -0.39 is 29.7 Å². The fourth-order valence-corrected chi connectivity index (χ4v) is 2.34. The maximum Gasteiger partial charge on any atom is 0.407 e. The van der Waals surface area contributed by atoms with Gasteiger partial charge in [0.15, 0.2) is 6.10 Å². The number of aliphatic hydroxyl groups is 1. The summed E-state index contributed by atoms with van der Waals surface area (Å²) in [5, 5.41) is 15.5. The van der Waals surface area contributed by atoms with Crippen molar-refractivity contribution in [3.8, 4) is 0 Å². The first-order valence-electron chi connectivity index (χ1n) is 7.67. The van der Waals surface area contributed by atoms with Crippen molar-refractivity contribution in [2.75, 3.05) is 20.6 Å². The summed E-state index contributed by atoms with van der Waals surface area (Å²) in [5.41, 5.74) is -0.699. The predicted octanol–water partition coefficient (Wildman–Crippen LogP) is -0.145. The lowest BCUT2D eigenvalue weighted by molar-refractivity contribution is -0.139. The number of alkyl carbamates (subject to hydrolysis) is 1. The van der Waals surface area contributed by atoms with Crippen molar-refractivity contribution in [1.82, 2.24) is 15.5 Å². The number of carbonyl (C=O) groups excluding carboxylic acids is 3. The molecule has 0 bridgehead atoms. The Morgan fingerprint density at radius 2 is 2.04 bits per heavy atom. The highest BCUT2D eigenvalue weighted by Gasteiger charge is 2.35. The van der Waals surface area contributed by atoms with E-state index in [-0.39, 0.29) is 18.2 Å². The quantitative estimate of drug-likeness (QED) is 0.650. The molecule has 0 spiro atoms. The van der Waals surface area contributed by atoms with Gasteiger partial charge in [-0.3, -0.25) is 9.59 Å². The highest BCUT2D eigenvalue weighted by molar-refractivity contribution is 5.83. The highest BCUT2D eigenvalue weighted by Crippen LogP contribution is 2.19. The maximum atomic E-state index is 12.0. The molecule has 132 valence electrons. The molecule has 0 aromatic rings. The number of hydrogen-bond donors (Lipinski definition) is 3. The van der Waals surface area contributed by atoms with Crippen molar-refractivity contribution in [2.24, 2.45) is 5.92 Å². The van der Waals surface area contributed by atoms with Crippen LogP contribution in [0.1, 0.15) is 33.6 Å². The van der Waals surface area contributed by atoms with Crippen LogP contribution in [0.3, 0.4) is 0 Å². The Kier molecular flexibility index (Phi) is 6.37. The van der Waals surface area contributed by atoms with E-state index in [0.717, 1.165) is 0 Å². The standard InChI is InChI=1S/C15H27N3O5/c1-15(2,3)23-14(22)17-10(11(19)13(21)18(4)5)8-9-6-7-16-12(9)20/h9-11,19H,6-8H2,1-5H3,(H,16,20)(H,17,22)/t9-,10-,11?/m0/s1. The van der Waals surface area contributed by atoms with Gasteiger partial charge in [-0.25, -0.2) is 4.79 Å². The topological polar surface area (TPSA) is 108 Å². The molecule has 1 fully saturated rings. The third-order valence-electron chi connectivity index (χ3n) is 3.48. The summed E-state index contributed by atoms with van der Waals surface area (Å²) in [5.74, 6) is -1.02. The Balaban J connectivity index is 2.80. The van der Waals surface area contributed by atoms with E-state index in [0.29, 0.717) is 13.0 Å². The lowest BCUT2D eigenvalue weighted by Crippen LogP contribution is -2.52. The van der Waals surface area contributed by atoms with Crippen LogP contribution in [-0.2, 0) is 14.3 Å². The van der Waals surface area contributed by atoms with Crippen LogP contribution in [0.5, 0.6) is 0 Å². The number of carbonyl (C=O) groups is 3. The largest absolute Gasteiger partial charge is 0.444 e. The molecule has 8 nitrogen and oxygen atoms in total. The molecular formula is C15H27N3O5. The second-order valence-electron chi connectivity index (χ2n) is 6.94. The minimum absolute atomic E-state index is 0.134. The molecule has 1 rings (SSSR count). The minimum Gasteiger partial charge on any atom is -0.444 e. The van der Waals surface area contributed by atoms with E-state index in [9.17, 15) is 19.5 Å². The van der Waals surface area contributed by atoms with Crippen molar-refractivity contribution < 1.29 is 24.2 Å². The molecule has 8 heteroatoms. The molecule has 1 heterocycles. The maximum absolute atomic E-state index is 12.0. The first kappa shape index (κ1) is 19.2. The predicted molar refractivity (Wildman–Crippen MR) is 83.6 cm³/mol. The number of nitrogens with one attached hydrogen (secondary N) is 2. The Morgan fingerprint density at radius 3 is 2.48 bits per heavy atom. The van der Waals surface area contributed by atoms with Gasteiger partial charge in [-0.1, -0.05) is 0 Å². The minimum atomic E-state index is -1.44. The fourth-order valence-electron chi connectivity index (χ4n) is 2.34. The van der Waals surface area contributed by atoms with E-state index in [2.05, 4.69) is 10.6 Å². The Labute approximate surface area is 136 Å². The van der Waals surface area contributed by atoms with E-state index in [1.807, 2.05) is 0 Å². The van der Waals surface area contributed by atoms with E-state index >= 15 is 0 Å². The monoisotopic (exact) mass is 329 g/mol. The van der Waals surface area contributed by atoms with Crippen LogP contribution >= 0.6 is 0 Å². The smallest absolute Gasteiger partial charge is 0.407 e. The summed E-state index contributed by atoms with van der Waals surface area (Å²) < 4.78 is 5.16. The SMILES string of the molecule is CN(C)C(=O)C(O)[C@H](C[C@@H]1CCNC1=O)NC(=O)OC(C)(C)C. The van der Waals surface area contributed by atoms with Gasteiger partial charge in [0, 0.05) is 26.6 Å². The van der Waals surface area contributed by atoms with Crippen molar-refractivity contribution in [3.63, 3.8) is 0 Å². The summed E-state index contributed by atoms with van der Waals surface area (Å²) in [6, 6.07) is -0.895. The second-order valence-corrected chi connectivity index (χ2v) is 6.94. The summed E-state index contributed by atoms with van der Waals surface area (Å²) in [7, 11) is 3.02. The zero-order chi connectivity index (χ0) is 17.8. The molecule has 0 saturated carbocycles. The molecule has 3 atom stereocenters. The van der Waals surface area contributed by atoms with Gasteiger partial charge in [0.2, 0.25) is 5.91 Å². The molecule has 3 N–H and O–H groups in total. The average Bonchev–Trinajstić information content (AvgIpc) is 2.79. The summed E-state index contributed by atoms with van der Waals surface area (Å²) >= 11 is 0. The summed E-state index contributed by atoms with van der Waals surface area (Å²) in [6.07, 6.45) is -1.39. The molecule has 3 amide bonds. The normalized spacial score (nSPS) is 20.4. The van der Waals surface area contributed by atoms with Gasteiger partial charge < -0.3 is 25.4 Å². The number of aliphatic hydroxyl groups excluding tert-OH is 1. The number of amides is 3.